The highest BCUT2D eigenvalue weighted by molar-refractivity contribution is 9.11. The van der Waals surface area contributed by atoms with Gasteiger partial charge in [0.2, 0.25) is 0 Å². The minimum Gasteiger partial charge on any atom is -0.316 e. The van der Waals surface area contributed by atoms with Crippen LogP contribution in [0.25, 0.3) is 0 Å². The Bertz CT molecular complexity index is 338. The summed E-state index contributed by atoms with van der Waals surface area (Å²) in [6.07, 6.45) is -4.42. The molecule has 0 saturated heterocycles. The van der Waals surface area contributed by atoms with Crippen LogP contribution >= 0.6 is 31.9 Å². The van der Waals surface area contributed by atoms with Gasteiger partial charge in [-0.3, -0.25) is 0 Å². The van der Waals surface area contributed by atoms with Gasteiger partial charge in [-0.05, 0) is 17.7 Å². The summed E-state index contributed by atoms with van der Waals surface area (Å²) >= 11 is 6.17. The molecular weight excluding hydrogens is 327 g/mol. The molecule has 1 nitrogen and oxygen atoms in total. The average Bonchev–Trinajstić information content (AvgIpc) is 2.01. The maximum absolute atomic E-state index is 12.3. The lowest BCUT2D eigenvalue weighted by molar-refractivity contribution is -0.149. The first-order chi connectivity index (χ1) is 6.32. The monoisotopic (exact) mass is 331 g/mol. The molecule has 1 atom stereocenters. The first kappa shape index (κ1) is 12.0. The van der Waals surface area contributed by atoms with E-state index in [0.717, 1.165) is 0 Å². The van der Waals surface area contributed by atoms with Crippen LogP contribution in [0, 0.1) is 0 Å². The Balaban J connectivity index is 3.08. The van der Waals surface area contributed by atoms with Crippen molar-refractivity contribution in [3.05, 3.63) is 32.7 Å². The van der Waals surface area contributed by atoms with Crippen LogP contribution in [-0.2, 0) is 0 Å². The number of nitrogens with two attached hydrogens (primary N) is 1. The molecule has 1 rings (SSSR count). The summed E-state index contributed by atoms with van der Waals surface area (Å²) in [7, 11) is 0. The van der Waals surface area contributed by atoms with Crippen molar-refractivity contribution in [3.8, 4) is 0 Å². The van der Waals surface area contributed by atoms with E-state index in [0.29, 0.717) is 8.95 Å². The zero-order valence-corrected chi connectivity index (χ0v) is 9.95. The van der Waals surface area contributed by atoms with Gasteiger partial charge in [-0.2, -0.15) is 13.2 Å². The minimum absolute atomic E-state index is 0.0284. The van der Waals surface area contributed by atoms with Gasteiger partial charge in [0.1, 0.15) is 6.04 Å². The third-order valence-electron chi connectivity index (χ3n) is 1.65. The third kappa shape index (κ3) is 2.71. The normalized spacial score (nSPS) is 14.1. The van der Waals surface area contributed by atoms with Crippen LogP contribution in [-0.4, -0.2) is 6.18 Å². The smallest absolute Gasteiger partial charge is 0.316 e. The van der Waals surface area contributed by atoms with E-state index in [4.69, 9.17) is 5.73 Å². The highest BCUT2D eigenvalue weighted by Crippen LogP contribution is 2.35. The number of alkyl halides is 3. The lowest BCUT2D eigenvalue weighted by Crippen LogP contribution is -2.28. The molecule has 14 heavy (non-hydrogen) atoms. The quantitative estimate of drug-likeness (QED) is 0.832. The second-order valence-electron chi connectivity index (χ2n) is 2.69. The van der Waals surface area contributed by atoms with Crippen molar-refractivity contribution in [3.63, 3.8) is 0 Å². The van der Waals surface area contributed by atoms with Gasteiger partial charge in [0.15, 0.2) is 0 Å². The van der Waals surface area contributed by atoms with Crippen LogP contribution in [0.4, 0.5) is 13.2 Å². The molecule has 1 aromatic rings. The van der Waals surface area contributed by atoms with Gasteiger partial charge in [-0.15, -0.1) is 0 Å². The Morgan fingerprint density at radius 2 is 1.79 bits per heavy atom. The lowest BCUT2D eigenvalue weighted by Gasteiger charge is -2.17. The van der Waals surface area contributed by atoms with Gasteiger partial charge in [0.05, 0.1) is 0 Å². The van der Waals surface area contributed by atoms with Gasteiger partial charge in [0, 0.05) is 8.95 Å². The van der Waals surface area contributed by atoms with E-state index in [-0.39, 0.29) is 5.56 Å². The first-order valence-electron chi connectivity index (χ1n) is 3.59. The molecule has 0 unspecified atom stereocenters. The summed E-state index contributed by atoms with van der Waals surface area (Å²) in [6.45, 7) is 0. The molecule has 0 aliphatic carbocycles. The molecule has 0 amide bonds. The minimum atomic E-state index is -4.42. The van der Waals surface area contributed by atoms with E-state index in [1.54, 1.807) is 0 Å². The highest BCUT2D eigenvalue weighted by atomic mass is 79.9. The number of hydrogen-bond acceptors (Lipinski definition) is 1. The maximum atomic E-state index is 12.3. The van der Waals surface area contributed by atoms with E-state index in [1.165, 1.54) is 18.2 Å². The van der Waals surface area contributed by atoms with Crippen molar-refractivity contribution < 1.29 is 13.2 Å². The molecule has 78 valence electrons. The Morgan fingerprint density at radius 1 is 1.21 bits per heavy atom. The zero-order valence-electron chi connectivity index (χ0n) is 6.78. The van der Waals surface area contributed by atoms with Crippen molar-refractivity contribution >= 4 is 31.9 Å². The Morgan fingerprint density at radius 3 is 2.21 bits per heavy atom. The lowest BCUT2D eigenvalue weighted by atomic mass is 10.1. The second kappa shape index (κ2) is 4.20. The summed E-state index contributed by atoms with van der Waals surface area (Å²) < 4.78 is 37.8. The van der Waals surface area contributed by atoms with Crippen molar-refractivity contribution in [1.29, 1.82) is 0 Å². The second-order valence-corrected chi connectivity index (χ2v) is 4.46. The largest absolute Gasteiger partial charge is 0.407 e. The maximum Gasteiger partial charge on any atom is 0.407 e. The fraction of sp³-hybridized carbons (Fsp3) is 0.250. The molecule has 0 aliphatic rings. The van der Waals surface area contributed by atoms with E-state index in [9.17, 15) is 13.2 Å². The van der Waals surface area contributed by atoms with Crippen molar-refractivity contribution in [2.75, 3.05) is 0 Å². The summed E-state index contributed by atoms with van der Waals surface area (Å²) in [4.78, 5) is 0. The molecule has 0 aromatic heterocycles. The summed E-state index contributed by atoms with van der Waals surface area (Å²) in [5.74, 6) is 0. The number of hydrogen-bond donors (Lipinski definition) is 1. The molecular formula is C8H6Br2F3N. The summed E-state index contributed by atoms with van der Waals surface area (Å²) in [5.41, 5.74) is 5.08. The van der Waals surface area contributed by atoms with Gasteiger partial charge in [-0.25, -0.2) is 0 Å². The van der Waals surface area contributed by atoms with Crippen LogP contribution in [0.2, 0.25) is 0 Å². The molecule has 1 aromatic carbocycles. The van der Waals surface area contributed by atoms with Crippen LogP contribution < -0.4 is 5.73 Å². The Hall–Kier alpha value is -0.0700. The van der Waals surface area contributed by atoms with Crippen LogP contribution in [0.3, 0.4) is 0 Å². The summed E-state index contributed by atoms with van der Waals surface area (Å²) in [6, 6.07) is 2.43. The van der Waals surface area contributed by atoms with Crippen molar-refractivity contribution in [2.24, 2.45) is 5.73 Å². The van der Waals surface area contributed by atoms with Crippen LogP contribution in [0.15, 0.2) is 27.1 Å². The molecule has 0 fully saturated rings. The SMILES string of the molecule is N[C@H](c1ccc(Br)cc1Br)C(F)(F)F. The topological polar surface area (TPSA) is 26.0 Å². The van der Waals surface area contributed by atoms with Crippen molar-refractivity contribution in [2.45, 2.75) is 12.2 Å². The van der Waals surface area contributed by atoms with E-state index >= 15 is 0 Å². The molecule has 0 radical (unpaired) electrons. The van der Waals surface area contributed by atoms with E-state index in [2.05, 4.69) is 31.9 Å². The Labute approximate surface area is 95.7 Å². The molecule has 0 bridgehead atoms. The summed E-state index contributed by atoms with van der Waals surface area (Å²) in [5, 5.41) is 0. The molecule has 2 N–H and O–H groups in total. The van der Waals surface area contributed by atoms with Gasteiger partial charge >= 0.3 is 6.18 Å². The fourth-order valence-electron chi connectivity index (χ4n) is 0.930. The third-order valence-corrected chi connectivity index (χ3v) is 2.83. The number of benzene rings is 1. The Kier molecular flexibility index (Phi) is 3.60. The predicted molar refractivity (Wildman–Crippen MR) is 54.8 cm³/mol. The van der Waals surface area contributed by atoms with Gasteiger partial charge in [0.25, 0.3) is 0 Å². The van der Waals surface area contributed by atoms with E-state index in [1.807, 2.05) is 0 Å². The average molecular weight is 333 g/mol. The van der Waals surface area contributed by atoms with Gasteiger partial charge in [-0.1, -0.05) is 37.9 Å². The van der Waals surface area contributed by atoms with Crippen LogP contribution in [0.1, 0.15) is 11.6 Å². The van der Waals surface area contributed by atoms with Crippen LogP contribution in [0.5, 0.6) is 0 Å². The molecule has 6 heteroatoms. The number of rotatable bonds is 1. The highest BCUT2D eigenvalue weighted by Gasteiger charge is 2.38. The first-order valence-corrected chi connectivity index (χ1v) is 5.18. The van der Waals surface area contributed by atoms with Gasteiger partial charge < -0.3 is 5.73 Å². The molecule has 0 saturated carbocycles. The fourth-order valence-corrected chi connectivity index (χ4v) is 2.22. The number of halogens is 5. The predicted octanol–water partition coefficient (Wildman–Crippen LogP) is 3.77. The molecule has 0 aliphatic heterocycles. The zero-order chi connectivity index (χ0) is 10.9. The molecule has 0 spiro atoms. The van der Waals surface area contributed by atoms with E-state index < -0.39 is 12.2 Å². The van der Waals surface area contributed by atoms with Crippen molar-refractivity contribution in [1.82, 2.24) is 0 Å². The standard InChI is InChI=1S/C8H6Br2F3N/c9-4-1-2-5(6(10)3-4)7(14)8(11,12)13/h1-3,7H,14H2/t7-/m1/s1. The molecule has 0 heterocycles.